The number of morpholine rings is 1. The van der Waals surface area contributed by atoms with Gasteiger partial charge in [0.15, 0.2) is 0 Å². The molecule has 0 N–H and O–H groups in total. The molecule has 1 atom stereocenters. The Bertz CT molecular complexity index is 503. The van der Waals surface area contributed by atoms with Gasteiger partial charge in [-0.1, -0.05) is 12.1 Å². The van der Waals surface area contributed by atoms with Crippen molar-refractivity contribution in [3.63, 3.8) is 0 Å². The first kappa shape index (κ1) is 15.2. The molecule has 1 aliphatic heterocycles. The molecule has 1 saturated heterocycles. The van der Waals surface area contributed by atoms with E-state index in [1.165, 1.54) is 5.69 Å². The Morgan fingerprint density at radius 3 is 2.65 bits per heavy atom. The minimum Gasteiger partial charge on any atom is -0.378 e. The molecule has 0 bridgehead atoms. The minimum absolute atomic E-state index is 0.321. The lowest BCUT2D eigenvalue weighted by Gasteiger charge is -2.29. The highest BCUT2D eigenvalue weighted by molar-refractivity contribution is 7.85. The summed E-state index contributed by atoms with van der Waals surface area (Å²) in [6.45, 7) is 9.13. The highest BCUT2D eigenvalue weighted by Gasteiger charge is 2.18. The van der Waals surface area contributed by atoms with Gasteiger partial charge in [0.25, 0.3) is 0 Å². The standard InChI is InChI=1S/C15H22N2O2S/c1-15(2,3)20(18)16-12-13-5-4-6-14(11-13)17-7-9-19-10-8-17/h4-6,11-12H,7-10H2,1-3H3/b16-12+/t20-/m1/s1. The first-order chi connectivity index (χ1) is 9.47. The van der Waals surface area contributed by atoms with Crippen molar-refractivity contribution in [3.8, 4) is 0 Å². The lowest BCUT2D eigenvalue weighted by atomic mass is 10.2. The van der Waals surface area contributed by atoms with E-state index >= 15 is 0 Å². The molecule has 2 rings (SSSR count). The summed E-state index contributed by atoms with van der Waals surface area (Å²) < 4.78 is 21.1. The topological polar surface area (TPSA) is 41.9 Å². The maximum atomic E-state index is 11.9. The Hall–Kier alpha value is -1.20. The molecule has 0 aliphatic carbocycles. The first-order valence-electron chi connectivity index (χ1n) is 6.86. The fraction of sp³-hybridized carbons (Fsp3) is 0.533. The Balaban J connectivity index is 2.09. The maximum absolute atomic E-state index is 11.9. The Morgan fingerprint density at radius 2 is 2.00 bits per heavy atom. The number of ether oxygens (including phenoxy) is 1. The van der Waals surface area contributed by atoms with Gasteiger partial charge in [-0.25, -0.2) is 4.21 Å². The fourth-order valence-electron chi connectivity index (χ4n) is 1.89. The van der Waals surface area contributed by atoms with Gasteiger partial charge in [-0.05, 0) is 38.5 Å². The quantitative estimate of drug-likeness (QED) is 0.804. The van der Waals surface area contributed by atoms with Crippen LogP contribution in [0.25, 0.3) is 0 Å². The van der Waals surface area contributed by atoms with Crippen LogP contribution >= 0.6 is 0 Å². The van der Waals surface area contributed by atoms with Crippen LogP contribution < -0.4 is 4.90 Å². The molecule has 110 valence electrons. The predicted octanol–water partition coefficient (Wildman–Crippen LogP) is 2.40. The van der Waals surface area contributed by atoms with Crippen LogP contribution in [0.5, 0.6) is 0 Å². The first-order valence-corrected chi connectivity index (χ1v) is 7.96. The molecule has 0 spiro atoms. The molecule has 0 saturated carbocycles. The van der Waals surface area contributed by atoms with Gasteiger partial charge < -0.3 is 9.64 Å². The number of anilines is 1. The third kappa shape index (κ3) is 4.15. The molecule has 5 heteroatoms. The van der Waals surface area contributed by atoms with Crippen LogP contribution in [0.1, 0.15) is 26.3 Å². The van der Waals surface area contributed by atoms with Gasteiger partial charge in [0, 0.05) is 25.0 Å². The van der Waals surface area contributed by atoms with Crippen molar-refractivity contribution in [1.29, 1.82) is 0 Å². The third-order valence-electron chi connectivity index (χ3n) is 3.07. The van der Waals surface area contributed by atoms with Crippen LogP contribution in [0.4, 0.5) is 5.69 Å². The van der Waals surface area contributed by atoms with Gasteiger partial charge >= 0.3 is 0 Å². The molecule has 0 aromatic heterocycles. The summed E-state index contributed by atoms with van der Waals surface area (Å²) in [7, 11) is -1.21. The van der Waals surface area contributed by atoms with Crippen LogP contribution in [0.2, 0.25) is 0 Å². The van der Waals surface area contributed by atoms with E-state index in [2.05, 4.69) is 21.4 Å². The molecular formula is C15H22N2O2S. The summed E-state index contributed by atoms with van der Waals surface area (Å²) in [5.41, 5.74) is 2.14. The van der Waals surface area contributed by atoms with Crippen LogP contribution in [-0.2, 0) is 15.7 Å². The molecular weight excluding hydrogens is 272 g/mol. The normalized spacial score (nSPS) is 18.4. The number of nitrogens with zero attached hydrogens (tertiary/aromatic N) is 2. The van der Waals surface area contributed by atoms with E-state index in [4.69, 9.17) is 4.74 Å². The van der Waals surface area contributed by atoms with Crippen molar-refractivity contribution in [3.05, 3.63) is 29.8 Å². The van der Waals surface area contributed by atoms with E-state index in [1.54, 1.807) is 6.21 Å². The molecule has 0 radical (unpaired) electrons. The Kier molecular flexibility index (Phi) is 4.94. The van der Waals surface area contributed by atoms with Crippen LogP contribution in [-0.4, -0.2) is 41.5 Å². The summed E-state index contributed by atoms with van der Waals surface area (Å²) in [4.78, 5) is 2.29. The molecule has 20 heavy (non-hydrogen) atoms. The average molecular weight is 294 g/mol. The predicted molar refractivity (Wildman–Crippen MR) is 85.0 cm³/mol. The fourth-order valence-corrected chi connectivity index (χ4v) is 2.42. The van der Waals surface area contributed by atoms with E-state index in [0.717, 1.165) is 31.9 Å². The molecule has 4 nitrogen and oxygen atoms in total. The SMILES string of the molecule is CC(C)(C)[S@@](=O)/N=C/c1cccc(N2CCOCC2)c1. The van der Waals surface area contributed by atoms with Crippen molar-refractivity contribution in [2.45, 2.75) is 25.5 Å². The molecule has 1 aromatic rings. The summed E-state index contributed by atoms with van der Waals surface area (Å²) in [6.07, 6.45) is 1.70. The number of benzene rings is 1. The summed E-state index contributed by atoms with van der Waals surface area (Å²) >= 11 is 0. The Labute approximate surface area is 123 Å². The molecule has 1 fully saturated rings. The lowest BCUT2D eigenvalue weighted by Crippen LogP contribution is -2.36. The van der Waals surface area contributed by atoms with Gasteiger partial charge in [0.05, 0.1) is 18.0 Å². The third-order valence-corrected chi connectivity index (χ3v) is 4.41. The zero-order chi connectivity index (χ0) is 14.6. The van der Waals surface area contributed by atoms with Gasteiger partial charge in [0.1, 0.15) is 11.0 Å². The number of hydrogen-bond donors (Lipinski definition) is 0. The summed E-state index contributed by atoms with van der Waals surface area (Å²) in [5.74, 6) is 0. The molecule has 0 unspecified atom stereocenters. The zero-order valence-corrected chi connectivity index (χ0v) is 13.2. The highest BCUT2D eigenvalue weighted by atomic mass is 32.2. The summed E-state index contributed by atoms with van der Waals surface area (Å²) in [5, 5.41) is 0. The number of rotatable bonds is 3. The lowest BCUT2D eigenvalue weighted by molar-refractivity contribution is 0.122. The van der Waals surface area contributed by atoms with Gasteiger partial charge in [0.2, 0.25) is 0 Å². The van der Waals surface area contributed by atoms with E-state index in [1.807, 2.05) is 32.9 Å². The second-order valence-corrected chi connectivity index (χ2v) is 7.72. The maximum Gasteiger partial charge on any atom is 0.144 e. The van der Waals surface area contributed by atoms with Crippen molar-refractivity contribution in [2.75, 3.05) is 31.2 Å². The average Bonchev–Trinajstić information content (AvgIpc) is 2.45. The highest BCUT2D eigenvalue weighted by Crippen LogP contribution is 2.17. The Morgan fingerprint density at radius 1 is 1.30 bits per heavy atom. The van der Waals surface area contributed by atoms with E-state index < -0.39 is 11.0 Å². The van der Waals surface area contributed by atoms with Crippen molar-refractivity contribution >= 4 is 22.9 Å². The number of hydrogen-bond acceptors (Lipinski definition) is 3. The van der Waals surface area contributed by atoms with Crippen LogP contribution in [0, 0.1) is 0 Å². The van der Waals surface area contributed by atoms with Crippen molar-refractivity contribution in [2.24, 2.45) is 4.40 Å². The second-order valence-electron chi connectivity index (χ2n) is 5.79. The van der Waals surface area contributed by atoms with Crippen LogP contribution in [0.3, 0.4) is 0 Å². The smallest absolute Gasteiger partial charge is 0.144 e. The van der Waals surface area contributed by atoms with Gasteiger partial charge in [-0.15, -0.1) is 0 Å². The molecule has 0 amide bonds. The van der Waals surface area contributed by atoms with E-state index in [9.17, 15) is 4.21 Å². The molecule has 1 heterocycles. The zero-order valence-electron chi connectivity index (χ0n) is 12.3. The van der Waals surface area contributed by atoms with Crippen LogP contribution in [0.15, 0.2) is 28.7 Å². The van der Waals surface area contributed by atoms with E-state index in [-0.39, 0.29) is 4.75 Å². The van der Waals surface area contributed by atoms with Gasteiger partial charge in [-0.3, -0.25) is 0 Å². The van der Waals surface area contributed by atoms with Crippen molar-refractivity contribution in [1.82, 2.24) is 0 Å². The minimum atomic E-state index is -1.21. The monoisotopic (exact) mass is 294 g/mol. The van der Waals surface area contributed by atoms with Crippen molar-refractivity contribution < 1.29 is 8.95 Å². The largest absolute Gasteiger partial charge is 0.378 e. The van der Waals surface area contributed by atoms with Gasteiger partial charge in [-0.2, -0.15) is 4.40 Å². The van der Waals surface area contributed by atoms with E-state index in [0.29, 0.717) is 0 Å². The second kappa shape index (κ2) is 6.50. The summed E-state index contributed by atoms with van der Waals surface area (Å²) in [6, 6.07) is 8.15. The molecule has 1 aliphatic rings. The molecule has 1 aromatic carbocycles.